The number of alkyl halides is 1. The normalized spacial score (nSPS) is 10.1. The zero-order valence-electron chi connectivity index (χ0n) is 5.97. The Morgan fingerprint density at radius 1 is 1.64 bits per heavy atom. The minimum Gasteiger partial charge on any atom is -0.619 e. The lowest BCUT2D eigenvalue weighted by atomic mass is 10.2. The molecule has 0 aliphatic heterocycles. The second-order valence-electron chi connectivity index (χ2n) is 2.19. The molecule has 0 spiro atoms. The topological polar surface area (TPSA) is 26.9 Å². The summed E-state index contributed by atoms with van der Waals surface area (Å²) >= 11 is 11.3. The summed E-state index contributed by atoms with van der Waals surface area (Å²) in [5, 5.41) is 11.5. The van der Waals surface area contributed by atoms with Gasteiger partial charge >= 0.3 is 0 Å². The molecular formula is C7H7Cl2NO. The fourth-order valence-electron chi connectivity index (χ4n) is 0.812. The van der Waals surface area contributed by atoms with Gasteiger partial charge < -0.3 is 5.21 Å². The first-order valence-electron chi connectivity index (χ1n) is 3.10. The minimum absolute atomic E-state index is 0.272. The third-order valence-corrected chi connectivity index (χ3v) is 2.17. The molecule has 4 heteroatoms. The van der Waals surface area contributed by atoms with E-state index in [2.05, 4.69) is 0 Å². The van der Waals surface area contributed by atoms with E-state index in [4.69, 9.17) is 23.2 Å². The van der Waals surface area contributed by atoms with Crippen molar-refractivity contribution in [2.24, 2.45) is 0 Å². The average Bonchev–Trinajstić information content (AvgIpc) is 1.99. The number of pyridine rings is 1. The number of hydrogen-bond acceptors (Lipinski definition) is 1. The summed E-state index contributed by atoms with van der Waals surface area (Å²) < 4.78 is 0.754. The summed E-state index contributed by atoms with van der Waals surface area (Å²) in [6, 6.07) is 1.54. The van der Waals surface area contributed by atoms with Gasteiger partial charge in [0.15, 0.2) is 11.9 Å². The maximum atomic E-state index is 11.0. The van der Waals surface area contributed by atoms with Crippen LogP contribution in [0.3, 0.4) is 0 Å². The Morgan fingerprint density at radius 3 is 2.73 bits per heavy atom. The standard InChI is InChI=1S/C7H7Cl2NO/c1-5-6(4-8)7(9)2-3-10(5)11/h2-3H,4H2,1H3. The molecule has 0 aliphatic rings. The summed E-state index contributed by atoms with van der Waals surface area (Å²) in [4.78, 5) is 0. The van der Waals surface area contributed by atoms with E-state index in [9.17, 15) is 5.21 Å². The van der Waals surface area contributed by atoms with Gasteiger partial charge in [-0.05, 0) is 0 Å². The number of halogens is 2. The number of rotatable bonds is 1. The van der Waals surface area contributed by atoms with Crippen molar-refractivity contribution in [1.29, 1.82) is 0 Å². The zero-order chi connectivity index (χ0) is 8.43. The van der Waals surface area contributed by atoms with Crippen molar-refractivity contribution in [3.05, 3.63) is 33.8 Å². The van der Waals surface area contributed by atoms with Crippen molar-refractivity contribution in [3.8, 4) is 0 Å². The van der Waals surface area contributed by atoms with Crippen LogP contribution in [0.25, 0.3) is 0 Å². The molecule has 0 aromatic carbocycles. The third kappa shape index (κ3) is 1.57. The molecule has 0 N–H and O–H groups in total. The summed E-state index contributed by atoms with van der Waals surface area (Å²) in [6.07, 6.45) is 1.37. The molecule has 1 aromatic heterocycles. The lowest BCUT2D eigenvalue weighted by Crippen LogP contribution is -2.30. The van der Waals surface area contributed by atoms with E-state index < -0.39 is 0 Å². The van der Waals surface area contributed by atoms with E-state index in [-0.39, 0.29) is 5.88 Å². The molecule has 0 fully saturated rings. The number of aromatic nitrogens is 1. The van der Waals surface area contributed by atoms with E-state index in [0.29, 0.717) is 16.3 Å². The van der Waals surface area contributed by atoms with E-state index in [0.717, 1.165) is 4.73 Å². The van der Waals surface area contributed by atoms with Gasteiger partial charge in [-0.15, -0.1) is 11.6 Å². The van der Waals surface area contributed by atoms with Crippen molar-refractivity contribution in [2.45, 2.75) is 12.8 Å². The van der Waals surface area contributed by atoms with Crippen molar-refractivity contribution < 1.29 is 4.73 Å². The molecule has 11 heavy (non-hydrogen) atoms. The predicted molar refractivity (Wildman–Crippen MR) is 44.7 cm³/mol. The molecule has 0 radical (unpaired) electrons. The summed E-state index contributed by atoms with van der Waals surface area (Å²) in [7, 11) is 0. The smallest absolute Gasteiger partial charge is 0.195 e. The van der Waals surface area contributed by atoms with Crippen LogP contribution in [0, 0.1) is 12.1 Å². The highest BCUT2D eigenvalue weighted by molar-refractivity contribution is 6.32. The van der Waals surface area contributed by atoms with Crippen molar-refractivity contribution in [2.75, 3.05) is 0 Å². The van der Waals surface area contributed by atoms with Crippen molar-refractivity contribution in [1.82, 2.24) is 0 Å². The van der Waals surface area contributed by atoms with Crippen LogP contribution >= 0.6 is 23.2 Å². The van der Waals surface area contributed by atoms with E-state index in [1.807, 2.05) is 0 Å². The van der Waals surface area contributed by atoms with Crippen LogP contribution in [0.4, 0.5) is 0 Å². The molecule has 0 saturated heterocycles. The van der Waals surface area contributed by atoms with Crippen LogP contribution in [-0.4, -0.2) is 0 Å². The molecule has 0 saturated carbocycles. The summed E-state index contributed by atoms with van der Waals surface area (Å²) in [5.41, 5.74) is 1.26. The monoisotopic (exact) mass is 191 g/mol. The van der Waals surface area contributed by atoms with Gasteiger partial charge in [0.25, 0.3) is 0 Å². The first kappa shape index (κ1) is 8.62. The second-order valence-corrected chi connectivity index (χ2v) is 2.86. The summed E-state index contributed by atoms with van der Waals surface area (Å²) in [5.74, 6) is 0.272. The van der Waals surface area contributed by atoms with E-state index in [1.54, 1.807) is 13.0 Å². The van der Waals surface area contributed by atoms with Gasteiger partial charge in [-0.3, -0.25) is 0 Å². The SMILES string of the molecule is Cc1c(CCl)c(Cl)cc[n+]1[O-]. The molecule has 0 atom stereocenters. The predicted octanol–water partition coefficient (Wildman–Crippen LogP) is 2.02. The van der Waals surface area contributed by atoms with Gasteiger partial charge in [0.2, 0.25) is 0 Å². The highest BCUT2D eigenvalue weighted by atomic mass is 35.5. The van der Waals surface area contributed by atoms with E-state index >= 15 is 0 Å². The zero-order valence-corrected chi connectivity index (χ0v) is 7.49. The largest absolute Gasteiger partial charge is 0.619 e. The molecule has 1 aromatic rings. The van der Waals surface area contributed by atoms with Crippen LogP contribution in [0.2, 0.25) is 5.02 Å². The van der Waals surface area contributed by atoms with Gasteiger partial charge in [0.05, 0.1) is 16.5 Å². The molecule has 1 rings (SSSR count). The van der Waals surface area contributed by atoms with Gasteiger partial charge in [-0.2, -0.15) is 4.73 Å². The fourth-order valence-corrected chi connectivity index (χ4v) is 1.48. The third-order valence-electron chi connectivity index (χ3n) is 1.55. The lowest BCUT2D eigenvalue weighted by molar-refractivity contribution is -0.612. The Morgan fingerprint density at radius 2 is 2.27 bits per heavy atom. The minimum atomic E-state index is 0.272. The lowest BCUT2D eigenvalue weighted by Gasteiger charge is -2.04. The second kappa shape index (κ2) is 3.28. The van der Waals surface area contributed by atoms with Crippen LogP contribution in [0.5, 0.6) is 0 Å². The van der Waals surface area contributed by atoms with Crippen LogP contribution < -0.4 is 4.73 Å². The maximum absolute atomic E-state index is 11.0. The highest BCUT2D eigenvalue weighted by Crippen LogP contribution is 2.17. The Kier molecular flexibility index (Phi) is 2.58. The molecule has 1 heterocycles. The Hall–Kier alpha value is -0.470. The maximum Gasteiger partial charge on any atom is 0.195 e. The highest BCUT2D eigenvalue weighted by Gasteiger charge is 2.09. The van der Waals surface area contributed by atoms with Gasteiger partial charge in [-0.25, -0.2) is 0 Å². The molecule has 0 unspecified atom stereocenters. The Bertz CT molecular complexity index is 275. The molecule has 0 aliphatic carbocycles. The van der Waals surface area contributed by atoms with Gasteiger partial charge in [-0.1, -0.05) is 11.6 Å². The molecule has 60 valence electrons. The molecular weight excluding hydrogens is 185 g/mol. The average molecular weight is 192 g/mol. The Labute approximate surface area is 74.9 Å². The first-order chi connectivity index (χ1) is 5.16. The summed E-state index contributed by atoms with van der Waals surface area (Å²) in [6.45, 7) is 1.69. The number of hydrogen-bond donors (Lipinski definition) is 0. The van der Waals surface area contributed by atoms with Gasteiger partial charge in [0.1, 0.15) is 0 Å². The van der Waals surface area contributed by atoms with Gasteiger partial charge in [0, 0.05) is 13.0 Å². The van der Waals surface area contributed by atoms with Crippen LogP contribution in [0.1, 0.15) is 11.3 Å². The van der Waals surface area contributed by atoms with Crippen LogP contribution in [0.15, 0.2) is 12.3 Å². The number of nitrogens with zero attached hydrogens (tertiary/aromatic N) is 1. The quantitative estimate of drug-likeness (QED) is 0.380. The molecule has 0 bridgehead atoms. The molecule has 2 nitrogen and oxygen atoms in total. The molecule has 0 amide bonds. The van der Waals surface area contributed by atoms with E-state index in [1.165, 1.54) is 6.20 Å². The fraction of sp³-hybridized carbons (Fsp3) is 0.286. The van der Waals surface area contributed by atoms with Crippen molar-refractivity contribution in [3.63, 3.8) is 0 Å². The first-order valence-corrected chi connectivity index (χ1v) is 4.01. The van der Waals surface area contributed by atoms with Crippen molar-refractivity contribution >= 4 is 23.2 Å². The Balaban J connectivity index is 3.29. The van der Waals surface area contributed by atoms with Crippen LogP contribution in [-0.2, 0) is 5.88 Å².